The van der Waals surface area contributed by atoms with Crippen molar-refractivity contribution in [3.63, 3.8) is 0 Å². The quantitative estimate of drug-likeness (QED) is 0.0567. The second kappa shape index (κ2) is 32.6. The number of carbonyl (C=O) groups excluding carboxylic acids is 5. The van der Waals surface area contributed by atoms with Gasteiger partial charge in [0.25, 0.3) is 0 Å². The van der Waals surface area contributed by atoms with Gasteiger partial charge in [-0.15, -0.1) is 0 Å². The van der Waals surface area contributed by atoms with Gasteiger partial charge in [-0.3, -0.25) is 28.9 Å². The van der Waals surface area contributed by atoms with Crippen LogP contribution < -0.4 is 17.2 Å². The lowest BCUT2D eigenvalue weighted by molar-refractivity contribution is -0.147. The van der Waals surface area contributed by atoms with Crippen molar-refractivity contribution in [3.05, 3.63) is 215 Å². The number of hydrogen-bond donors (Lipinski definition) is 3. The van der Waals surface area contributed by atoms with Crippen molar-refractivity contribution in [2.45, 2.75) is 56.3 Å². The summed E-state index contributed by atoms with van der Waals surface area (Å²) in [6.45, 7) is 1.91. The van der Waals surface area contributed by atoms with E-state index >= 15 is 19.2 Å². The van der Waals surface area contributed by atoms with Crippen molar-refractivity contribution in [1.29, 1.82) is 0 Å². The maximum atomic E-state index is 15.1. The van der Waals surface area contributed by atoms with E-state index in [9.17, 15) is 4.79 Å². The van der Waals surface area contributed by atoms with E-state index in [2.05, 4.69) is 77.7 Å². The molecular formula is C66H83N9O5. The van der Waals surface area contributed by atoms with Crippen LogP contribution in [0.15, 0.2) is 182 Å². The van der Waals surface area contributed by atoms with E-state index in [0.29, 0.717) is 71.2 Å². The van der Waals surface area contributed by atoms with Gasteiger partial charge in [-0.25, -0.2) is 0 Å². The number of nitrogens with zero attached hydrogens (tertiary/aromatic N) is 6. The molecule has 0 aliphatic carbocycles. The second-order valence-electron chi connectivity index (χ2n) is 20.8. The molecule has 14 nitrogen and oxygen atoms in total. The van der Waals surface area contributed by atoms with Crippen molar-refractivity contribution in [3.8, 4) is 0 Å². The SMILES string of the molecule is NCCCN1CCN(CCC(c2ccccc2)c2ccccc2)CC(=O)N(CCCN)CC(=O)N(CCC(c2ccccc2)c2ccccc2)CC(=O)N(CCCN)CC(=O)N(CCC(c2ccccc2)c2ccccc2)CC1=O. The highest BCUT2D eigenvalue weighted by atomic mass is 16.2. The van der Waals surface area contributed by atoms with Gasteiger partial charge in [-0.05, 0) is 98.1 Å². The Morgan fingerprint density at radius 1 is 0.287 bits per heavy atom. The summed E-state index contributed by atoms with van der Waals surface area (Å²) >= 11 is 0. The fourth-order valence-electron chi connectivity index (χ4n) is 10.8. The maximum absolute atomic E-state index is 15.1. The second-order valence-corrected chi connectivity index (χ2v) is 20.8. The number of nitrogens with two attached hydrogens (primary N) is 3. The Morgan fingerprint density at radius 2 is 0.525 bits per heavy atom. The summed E-state index contributed by atoms with van der Waals surface area (Å²) in [5, 5.41) is 0. The molecule has 422 valence electrons. The number of hydrogen-bond acceptors (Lipinski definition) is 9. The van der Waals surface area contributed by atoms with E-state index in [-0.39, 0.29) is 113 Å². The molecule has 0 unspecified atom stereocenters. The molecule has 7 rings (SSSR count). The van der Waals surface area contributed by atoms with E-state index < -0.39 is 5.91 Å². The summed E-state index contributed by atoms with van der Waals surface area (Å²) in [5.41, 5.74) is 24.9. The minimum absolute atomic E-state index is 0.00622. The molecule has 0 spiro atoms. The van der Waals surface area contributed by atoms with Crippen LogP contribution in [0.5, 0.6) is 0 Å². The number of benzene rings is 6. The zero-order valence-electron chi connectivity index (χ0n) is 46.6. The highest BCUT2D eigenvalue weighted by molar-refractivity contribution is 5.91. The van der Waals surface area contributed by atoms with Gasteiger partial charge < -0.3 is 41.7 Å². The fraction of sp³-hybridized carbons (Fsp3) is 0.379. The normalized spacial score (nSPS) is 15.1. The lowest BCUT2D eigenvalue weighted by atomic mass is 9.88. The Kier molecular flexibility index (Phi) is 24.5. The predicted octanol–water partition coefficient (Wildman–Crippen LogP) is 7.16. The van der Waals surface area contributed by atoms with Gasteiger partial charge in [0, 0.05) is 63.6 Å². The average Bonchev–Trinajstić information content (AvgIpc) is 3.49. The van der Waals surface area contributed by atoms with Gasteiger partial charge in [0.2, 0.25) is 29.5 Å². The van der Waals surface area contributed by atoms with Crippen molar-refractivity contribution in [1.82, 2.24) is 29.4 Å². The summed E-state index contributed by atoms with van der Waals surface area (Å²) in [5.74, 6) is -1.93. The van der Waals surface area contributed by atoms with E-state index in [1.807, 2.05) is 109 Å². The van der Waals surface area contributed by atoms with Crippen LogP contribution in [0.25, 0.3) is 0 Å². The zero-order valence-corrected chi connectivity index (χ0v) is 46.6. The zero-order chi connectivity index (χ0) is 56.3. The molecule has 1 aliphatic rings. The first-order valence-corrected chi connectivity index (χ1v) is 28.7. The monoisotopic (exact) mass is 1080 g/mol. The molecular weight excluding hydrogens is 999 g/mol. The maximum Gasteiger partial charge on any atom is 0.242 e. The Balaban J connectivity index is 1.27. The van der Waals surface area contributed by atoms with Crippen molar-refractivity contribution < 1.29 is 24.0 Å². The topological polar surface area (TPSA) is 183 Å². The van der Waals surface area contributed by atoms with E-state index in [4.69, 9.17) is 17.2 Å². The summed E-state index contributed by atoms with van der Waals surface area (Å²) in [6.07, 6.45) is 3.02. The molecule has 80 heavy (non-hydrogen) atoms. The molecule has 6 N–H and O–H groups in total. The van der Waals surface area contributed by atoms with Crippen LogP contribution in [-0.4, -0.2) is 164 Å². The summed E-state index contributed by atoms with van der Waals surface area (Å²) < 4.78 is 0. The van der Waals surface area contributed by atoms with Gasteiger partial charge >= 0.3 is 0 Å². The molecule has 1 saturated heterocycles. The molecule has 0 atom stereocenters. The summed E-state index contributed by atoms with van der Waals surface area (Å²) in [7, 11) is 0. The van der Waals surface area contributed by atoms with Crippen LogP contribution >= 0.6 is 0 Å². The molecule has 5 amide bonds. The summed E-state index contributed by atoms with van der Waals surface area (Å²) in [6, 6.07) is 61.1. The Hall–Kier alpha value is -7.49. The third-order valence-corrected chi connectivity index (χ3v) is 15.3. The van der Waals surface area contributed by atoms with E-state index in [0.717, 1.165) is 33.4 Å². The average molecular weight is 1080 g/mol. The molecule has 0 bridgehead atoms. The van der Waals surface area contributed by atoms with Crippen LogP contribution in [0.3, 0.4) is 0 Å². The Morgan fingerprint density at radius 3 is 0.812 bits per heavy atom. The van der Waals surface area contributed by atoms with Gasteiger partial charge in [-0.2, -0.15) is 0 Å². The van der Waals surface area contributed by atoms with Crippen LogP contribution in [0.4, 0.5) is 0 Å². The van der Waals surface area contributed by atoms with Gasteiger partial charge in [0.05, 0.1) is 32.7 Å². The molecule has 6 aromatic carbocycles. The highest BCUT2D eigenvalue weighted by Crippen LogP contribution is 2.31. The van der Waals surface area contributed by atoms with Crippen LogP contribution in [0.2, 0.25) is 0 Å². The lowest BCUT2D eigenvalue weighted by Gasteiger charge is -2.34. The van der Waals surface area contributed by atoms with E-state index in [1.165, 1.54) is 4.90 Å². The highest BCUT2D eigenvalue weighted by Gasteiger charge is 2.31. The molecule has 0 radical (unpaired) electrons. The van der Waals surface area contributed by atoms with Crippen molar-refractivity contribution >= 4 is 29.5 Å². The minimum Gasteiger partial charge on any atom is -0.340 e. The van der Waals surface area contributed by atoms with E-state index in [1.54, 1.807) is 19.6 Å². The van der Waals surface area contributed by atoms with Crippen LogP contribution in [0, 0.1) is 0 Å². The first-order valence-electron chi connectivity index (χ1n) is 28.7. The lowest BCUT2D eigenvalue weighted by Crippen LogP contribution is -2.53. The van der Waals surface area contributed by atoms with Crippen molar-refractivity contribution in [2.24, 2.45) is 17.2 Å². The number of rotatable bonds is 24. The van der Waals surface area contributed by atoms with Crippen LogP contribution in [0.1, 0.15) is 89.7 Å². The van der Waals surface area contributed by atoms with Crippen molar-refractivity contribution in [2.75, 3.05) is 105 Å². The Bertz CT molecular complexity index is 2660. The first-order chi connectivity index (χ1) is 39.1. The number of carbonyl (C=O) groups is 5. The van der Waals surface area contributed by atoms with Gasteiger partial charge in [0.15, 0.2) is 0 Å². The fourth-order valence-corrected chi connectivity index (χ4v) is 10.8. The van der Waals surface area contributed by atoms with Gasteiger partial charge in [-0.1, -0.05) is 182 Å². The molecule has 1 heterocycles. The third kappa shape index (κ3) is 18.3. The number of amides is 5. The molecule has 1 aliphatic heterocycles. The molecule has 1 fully saturated rings. The Labute approximate surface area is 474 Å². The predicted molar refractivity (Wildman–Crippen MR) is 318 cm³/mol. The first kappa shape index (κ1) is 60.2. The van der Waals surface area contributed by atoms with Crippen LogP contribution in [-0.2, 0) is 24.0 Å². The largest absolute Gasteiger partial charge is 0.340 e. The molecule has 0 aromatic heterocycles. The molecule has 0 saturated carbocycles. The standard InChI is InChI=1S/C66H83N9O5/c67-37-19-40-71-47-46-70(43-34-59(53-22-7-1-8-23-53)54-24-9-2-10-25-54)48-62(76)72(41-20-38-68)50-65(79)75(45-36-61(57-30-15-5-16-31-57)58-32-17-6-18-33-58)52-64(78)73(42-21-39-69)51-66(80)74(49-63(71)77)44-35-60(55-26-11-3-12-27-55)56-28-13-4-14-29-56/h1-18,22-33,59-61H,19-21,34-52,67-69H2. The molecule has 14 heteroatoms. The minimum atomic E-state index is -0.433. The smallest absolute Gasteiger partial charge is 0.242 e. The van der Waals surface area contributed by atoms with Gasteiger partial charge in [0.1, 0.15) is 0 Å². The molecule has 6 aromatic rings. The summed E-state index contributed by atoms with van der Waals surface area (Å²) in [4.78, 5) is 85.3. The third-order valence-electron chi connectivity index (χ3n) is 15.3.